The number of nitrogens with one attached hydrogen (secondary N) is 1. The number of benzene rings is 1. The maximum absolute atomic E-state index is 12.9. The molecular formula is C18H28N2O4S. The van der Waals surface area contributed by atoms with Crippen LogP contribution in [0.2, 0.25) is 0 Å². The zero-order chi connectivity index (χ0) is 18.4. The molecule has 7 heteroatoms. The van der Waals surface area contributed by atoms with Gasteiger partial charge in [-0.15, -0.1) is 0 Å². The third-order valence-electron chi connectivity index (χ3n) is 4.57. The van der Waals surface area contributed by atoms with Gasteiger partial charge < -0.3 is 9.64 Å². The molecule has 0 unspecified atom stereocenters. The highest BCUT2D eigenvalue weighted by Gasteiger charge is 2.24. The van der Waals surface area contributed by atoms with Crippen LogP contribution in [0.4, 0.5) is 0 Å². The lowest BCUT2D eigenvalue weighted by molar-refractivity contribution is 0.0758. The number of carbonyl (C=O) groups excluding carboxylic acids is 1. The second-order valence-electron chi connectivity index (χ2n) is 6.50. The van der Waals surface area contributed by atoms with Crippen LogP contribution in [0.5, 0.6) is 5.75 Å². The first kappa shape index (κ1) is 19.7. The molecule has 0 aromatic heterocycles. The lowest BCUT2D eigenvalue weighted by Gasteiger charge is -2.22. The molecule has 0 radical (unpaired) electrons. The highest BCUT2D eigenvalue weighted by Crippen LogP contribution is 2.25. The summed E-state index contributed by atoms with van der Waals surface area (Å²) in [6.07, 6.45) is 4.88. The van der Waals surface area contributed by atoms with Gasteiger partial charge in [-0.3, -0.25) is 4.79 Å². The smallest absolute Gasteiger partial charge is 0.257 e. The van der Waals surface area contributed by atoms with Crippen LogP contribution < -0.4 is 9.46 Å². The fourth-order valence-corrected chi connectivity index (χ4v) is 4.23. The van der Waals surface area contributed by atoms with E-state index in [2.05, 4.69) is 4.72 Å². The van der Waals surface area contributed by atoms with Crippen molar-refractivity contribution in [3.8, 4) is 5.75 Å². The Bertz CT molecular complexity index is 695. The Balaban J connectivity index is 2.34. The summed E-state index contributed by atoms with van der Waals surface area (Å²) in [5.74, 6) is 0.232. The molecule has 1 aromatic rings. The highest BCUT2D eigenvalue weighted by atomic mass is 32.2. The number of sulfonamides is 1. The quantitative estimate of drug-likeness (QED) is 0.838. The van der Waals surface area contributed by atoms with Gasteiger partial charge >= 0.3 is 0 Å². The third kappa shape index (κ3) is 4.95. The number of carbonyl (C=O) groups is 1. The standard InChI is InChI=1S/C18H28N2O4S/c1-4-14(2)19-25(22,23)15-9-10-17(24-3)16(13-15)18(21)20-11-7-5-6-8-12-20/h9-10,13-14,19H,4-8,11-12H2,1-3H3/t14-/m1/s1. The van der Waals surface area contributed by atoms with Gasteiger partial charge in [0.25, 0.3) is 5.91 Å². The molecule has 1 aliphatic heterocycles. The van der Waals surface area contributed by atoms with Gasteiger partial charge in [-0.05, 0) is 44.4 Å². The van der Waals surface area contributed by atoms with E-state index in [1.165, 1.54) is 19.2 Å². The number of rotatable bonds is 6. The third-order valence-corrected chi connectivity index (χ3v) is 6.16. The largest absolute Gasteiger partial charge is 0.496 e. The molecule has 6 nitrogen and oxygen atoms in total. The first-order valence-corrected chi connectivity index (χ1v) is 10.4. The maximum atomic E-state index is 12.9. The SMILES string of the molecule is CC[C@@H](C)NS(=O)(=O)c1ccc(OC)c(C(=O)N2CCCCCC2)c1. The predicted octanol–water partition coefficient (Wildman–Crippen LogP) is 2.79. The van der Waals surface area contributed by atoms with Crippen LogP contribution in [-0.4, -0.2) is 45.5 Å². The maximum Gasteiger partial charge on any atom is 0.257 e. The average molecular weight is 368 g/mol. The van der Waals surface area contributed by atoms with Gasteiger partial charge in [-0.2, -0.15) is 0 Å². The Hall–Kier alpha value is -1.60. The van der Waals surface area contributed by atoms with Crippen LogP contribution in [0.3, 0.4) is 0 Å². The Labute approximate surface area is 150 Å². The molecule has 25 heavy (non-hydrogen) atoms. The van der Waals surface area contributed by atoms with Gasteiger partial charge in [0, 0.05) is 19.1 Å². The molecular weight excluding hydrogens is 340 g/mol. The van der Waals surface area contributed by atoms with Gasteiger partial charge in [0.05, 0.1) is 17.6 Å². The van der Waals surface area contributed by atoms with E-state index < -0.39 is 10.0 Å². The van der Waals surface area contributed by atoms with E-state index in [0.717, 1.165) is 25.7 Å². The molecule has 0 bridgehead atoms. The summed E-state index contributed by atoms with van der Waals surface area (Å²) in [7, 11) is -2.18. The minimum atomic E-state index is -3.67. The number of hydrogen-bond acceptors (Lipinski definition) is 4. The number of nitrogens with zero attached hydrogens (tertiary/aromatic N) is 1. The molecule has 1 N–H and O–H groups in total. The molecule has 1 heterocycles. The van der Waals surface area contributed by atoms with Crippen LogP contribution in [0, 0.1) is 0 Å². The number of likely N-dealkylation sites (tertiary alicyclic amines) is 1. The van der Waals surface area contributed by atoms with E-state index in [1.807, 2.05) is 13.8 Å². The molecule has 0 spiro atoms. The minimum absolute atomic E-state index is 0.0896. The molecule has 1 saturated heterocycles. The topological polar surface area (TPSA) is 75.7 Å². The van der Waals surface area contributed by atoms with Crippen molar-refractivity contribution in [2.45, 2.75) is 56.9 Å². The van der Waals surface area contributed by atoms with Crippen molar-refractivity contribution in [3.63, 3.8) is 0 Å². The Morgan fingerprint density at radius 3 is 2.44 bits per heavy atom. The van der Waals surface area contributed by atoms with Gasteiger partial charge in [-0.25, -0.2) is 13.1 Å². The van der Waals surface area contributed by atoms with Crippen molar-refractivity contribution >= 4 is 15.9 Å². The van der Waals surface area contributed by atoms with E-state index in [9.17, 15) is 13.2 Å². The van der Waals surface area contributed by atoms with E-state index >= 15 is 0 Å². The Kier molecular flexibility index (Phi) is 6.84. The number of hydrogen-bond donors (Lipinski definition) is 1. The van der Waals surface area contributed by atoms with Crippen molar-refractivity contribution in [1.29, 1.82) is 0 Å². The normalized spacial score (nSPS) is 17.0. The summed E-state index contributed by atoms with van der Waals surface area (Å²) in [5.41, 5.74) is 0.302. The van der Waals surface area contributed by atoms with Crippen LogP contribution in [-0.2, 0) is 10.0 Å². The summed E-state index contributed by atoms with van der Waals surface area (Å²) < 4.78 is 33.0. The fraction of sp³-hybridized carbons (Fsp3) is 0.611. The lowest BCUT2D eigenvalue weighted by atomic mass is 10.1. The Morgan fingerprint density at radius 2 is 1.88 bits per heavy atom. The molecule has 0 saturated carbocycles. The molecule has 1 fully saturated rings. The van der Waals surface area contributed by atoms with Gasteiger partial charge in [-0.1, -0.05) is 19.8 Å². The van der Waals surface area contributed by atoms with Crippen molar-refractivity contribution in [1.82, 2.24) is 9.62 Å². The molecule has 140 valence electrons. The second kappa shape index (κ2) is 8.67. The number of methoxy groups -OCH3 is 1. The zero-order valence-corrected chi connectivity index (χ0v) is 16.1. The fourth-order valence-electron chi connectivity index (χ4n) is 2.88. The van der Waals surface area contributed by atoms with Crippen LogP contribution in [0.15, 0.2) is 23.1 Å². The first-order valence-electron chi connectivity index (χ1n) is 8.88. The highest BCUT2D eigenvalue weighted by molar-refractivity contribution is 7.89. The van der Waals surface area contributed by atoms with E-state index in [4.69, 9.17) is 4.74 Å². The molecule has 1 atom stereocenters. The van der Waals surface area contributed by atoms with Gasteiger partial charge in [0.15, 0.2) is 0 Å². The molecule has 1 amide bonds. The average Bonchev–Trinajstić information content (AvgIpc) is 2.89. The summed E-state index contributed by atoms with van der Waals surface area (Å²) in [4.78, 5) is 14.8. The summed E-state index contributed by atoms with van der Waals surface area (Å²) in [5, 5.41) is 0. The zero-order valence-electron chi connectivity index (χ0n) is 15.2. The lowest BCUT2D eigenvalue weighted by Crippen LogP contribution is -2.33. The van der Waals surface area contributed by atoms with Crippen molar-refractivity contribution in [2.24, 2.45) is 0 Å². The molecule has 0 aliphatic carbocycles. The van der Waals surface area contributed by atoms with Gasteiger partial charge in [0.2, 0.25) is 10.0 Å². The summed E-state index contributed by atoms with van der Waals surface area (Å²) >= 11 is 0. The van der Waals surface area contributed by atoms with Crippen LogP contribution in [0.1, 0.15) is 56.3 Å². The van der Waals surface area contributed by atoms with Crippen molar-refractivity contribution in [3.05, 3.63) is 23.8 Å². The van der Waals surface area contributed by atoms with Gasteiger partial charge in [0.1, 0.15) is 5.75 Å². The minimum Gasteiger partial charge on any atom is -0.496 e. The molecule has 2 rings (SSSR count). The Morgan fingerprint density at radius 1 is 1.24 bits per heavy atom. The molecule has 1 aromatic carbocycles. The second-order valence-corrected chi connectivity index (χ2v) is 8.21. The number of ether oxygens (including phenoxy) is 1. The van der Waals surface area contributed by atoms with Crippen molar-refractivity contribution < 1.29 is 17.9 Å². The monoisotopic (exact) mass is 368 g/mol. The summed E-state index contributed by atoms with van der Waals surface area (Å²) in [6.45, 7) is 5.12. The number of amides is 1. The van der Waals surface area contributed by atoms with Crippen LogP contribution in [0.25, 0.3) is 0 Å². The van der Waals surface area contributed by atoms with Crippen molar-refractivity contribution in [2.75, 3.05) is 20.2 Å². The van der Waals surface area contributed by atoms with E-state index in [-0.39, 0.29) is 16.8 Å². The predicted molar refractivity (Wildman–Crippen MR) is 97.4 cm³/mol. The summed E-state index contributed by atoms with van der Waals surface area (Å²) in [6, 6.07) is 4.28. The first-order chi connectivity index (χ1) is 11.9. The van der Waals surface area contributed by atoms with E-state index in [0.29, 0.717) is 30.8 Å². The molecule has 1 aliphatic rings. The van der Waals surface area contributed by atoms with E-state index in [1.54, 1.807) is 11.0 Å². The van der Waals surface area contributed by atoms with Crippen LogP contribution >= 0.6 is 0 Å².